The van der Waals surface area contributed by atoms with Crippen molar-refractivity contribution in [2.75, 3.05) is 13.6 Å². The summed E-state index contributed by atoms with van der Waals surface area (Å²) >= 11 is 0. The molecule has 0 amide bonds. The lowest BCUT2D eigenvalue weighted by Crippen LogP contribution is -2.44. The summed E-state index contributed by atoms with van der Waals surface area (Å²) < 4.78 is 33.5. The second kappa shape index (κ2) is 8.07. The van der Waals surface area contributed by atoms with Gasteiger partial charge >= 0.3 is 0 Å². The first-order valence-corrected chi connectivity index (χ1v) is 11.7. The zero-order chi connectivity index (χ0) is 20.6. The maximum Gasteiger partial charge on any atom is 0.240 e. The van der Waals surface area contributed by atoms with Crippen LogP contribution in [0.3, 0.4) is 0 Å². The van der Waals surface area contributed by atoms with Crippen LogP contribution in [0.2, 0.25) is 0 Å². The predicted octanol–water partition coefficient (Wildman–Crippen LogP) is 2.79. The Balaban J connectivity index is 1.73. The predicted molar refractivity (Wildman–Crippen MR) is 113 cm³/mol. The van der Waals surface area contributed by atoms with Crippen LogP contribution in [-0.4, -0.2) is 33.1 Å². The smallest absolute Gasteiger partial charge is 0.240 e. The molecule has 156 valence electrons. The highest BCUT2D eigenvalue weighted by Gasteiger charge is 2.34. The van der Waals surface area contributed by atoms with Crippen molar-refractivity contribution in [1.29, 1.82) is 0 Å². The Morgan fingerprint density at radius 3 is 2.72 bits per heavy atom. The number of piperidine rings is 1. The molecule has 6 nitrogen and oxygen atoms in total. The van der Waals surface area contributed by atoms with Crippen molar-refractivity contribution in [2.45, 2.75) is 49.6 Å². The minimum Gasteiger partial charge on any atom is -0.490 e. The van der Waals surface area contributed by atoms with Crippen molar-refractivity contribution in [3.63, 3.8) is 0 Å². The molecule has 7 heteroatoms. The Labute approximate surface area is 173 Å². The largest absolute Gasteiger partial charge is 0.490 e. The van der Waals surface area contributed by atoms with E-state index in [1.54, 1.807) is 12.1 Å². The van der Waals surface area contributed by atoms with Crippen molar-refractivity contribution in [1.82, 2.24) is 9.73 Å². The fourth-order valence-corrected chi connectivity index (χ4v) is 5.55. The van der Waals surface area contributed by atoms with Gasteiger partial charge in [-0.05, 0) is 68.0 Å². The number of hydrogen-bond donors (Lipinski definition) is 2. The van der Waals surface area contributed by atoms with Crippen LogP contribution in [0, 0.1) is 5.92 Å². The first kappa shape index (κ1) is 20.3. The van der Waals surface area contributed by atoms with Crippen molar-refractivity contribution >= 4 is 10.0 Å². The standard InChI is InChI=1S/C22H29N3O3S/c1-15-11-18-13-20(29(26,27)24-2)14-19(22(18)28-15)12-17-9-6-10-25(23)21(17)16-7-4-3-5-8-16/h3-5,7-8,13-15,17,21,24H,6,9-12,23H2,1-2H3/t15?,17-,21+/m0/s1. The Morgan fingerprint density at radius 2 is 2.00 bits per heavy atom. The molecule has 1 fully saturated rings. The van der Waals surface area contributed by atoms with E-state index in [1.807, 2.05) is 30.1 Å². The highest BCUT2D eigenvalue weighted by atomic mass is 32.2. The molecule has 3 atom stereocenters. The molecule has 0 radical (unpaired) electrons. The normalized spacial score (nSPS) is 24.9. The van der Waals surface area contributed by atoms with Crippen LogP contribution in [0.25, 0.3) is 0 Å². The van der Waals surface area contributed by atoms with E-state index >= 15 is 0 Å². The first-order valence-electron chi connectivity index (χ1n) is 10.2. The van der Waals surface area contributed by atoms with E-state index in [-0.39, 0.29) is 18.1 Å². The lowest BCUT2D eigenvalue weighted by atomic mass is 9.81. The number of nitrogens with zero attached hydrogens (tertiary/aromatic N) is 1. The van der Waals surface area contributed by atoms with E-state index < -0.39 is 10.0 Å². The monoisotopic (exact) mass is 415 g/mol. The van der Waals surface area contributed by atoms with Crippen molar-refractivity contribution < 1.29 is 13.2 Å². The third-order valence-corrected chi connectivity index (χ3v) is 7.43. The Bertz CT molecular complexity index is 978. The lowest BCUT2D eigenvalue weighted by molar-refractivity contribution is 0.0920. The highest BCUT2D eigenvalue weighted by Crippen LogP contribution is 2.41. The number of sulfonamides is 1. The minimum atomic E-state index is -3.52. The van der Waals surface area contributed by atoms with Crippen LogP contribution in [0.4, 0.5) is 0 Å². The van der Waals surface area contributed by atoms with Crippen LogP contribution in [0.1, 0.15) is 42.5 Å². The number of fused-ring (bicyclic) bond motifs is 1. The topological polar surface area (TPSA) is 84.7 Å². The number of nitrogens with one attached hydrogen (secondary N) is 1. The molecule has 2 aliphatic rings. The van der Waals surface area contributed by atoms with E-state index in [4.69, 9.17) is 10.6 Å². The van der Waals surface area contributed by atoms with E-state index in [1.165, 1.54) is 12.6 Å². The van der Waals surface area contributed by atoms with Gasteiger partial charge in [0.25, 0.3) is 0 Å². The molecule has 2 aromatic rings. The van der Waals surface area contributed by atoms with Gasteiger partial charge in [0.05, 0.1) is 10.9 Å². The average Bonchev–Trinajstić information content (AvgIpc) is 3.09. The summed E-state index contributed by atoms with van der Waals surface area (Å²) in [6.45, 7) is 2.88. The highest BCUT2D eigenvalue weighted by molar-refractivity contribution is 7.89. The van der Waals surface area contributed by atoms with Gasteiger partial charge < -0.3 is 4.74 Å². The van der Waals surface area contributed by atoms with Gasteiger partial charge in [0.2, 0.25) is 10.0 Å². The van der Waals surface area contributed by atoms with E-state index in [0.717, 1.165) is 49.1 Å². The summed E-state index contributed by atoms with van der Waals surface area (Å²) in [5, 5.41) is 1.93. The molecule has 1 saturated heterocycles. The molecule has 3 N–H and O–H groups in total. The maximum absolute atomic E-state index is 12.5. The summed E-state index contributed by atoms with van der Waals surface area (Å²) in [7, 11) is -2.07. The summed E-state index contributed by atoms with van der Waals surface area (Å²) in [6.07, 6.45) is 3.58. The zero-order valence-electron chi connectivity index (χ0n) is 17.0. The number of hydrazine groups is 1. The summed E-state index contributed by atoms with van der Waals surface area (Å²) in [5.74, 6) is 7.55. The van der Waals surface area contributed by atoms with Gasteiger partial charge in [-0.25, -0.2) is 18.1 Å². The van der Waals surface area contributed by atoms with Gasteiger partial charge in [-0.1, -0.05) is 30.3 Å². The molecule has 2 aromatic carbocycles. The summed E-state index contributed by atoms with van der Waals surface area (Å²) in [5.41, 5.74) is 3.13. The van der Waals surface area contributed by atoms with Gasteiger partial charge in [-0.2, -0.15) is 0 Å². The van der Waals surface area contributed by atoms with Crippen LogP contribution in [0.15, 0.2) is 47.4 Å². The van der Waals surface area contributed by atoms with Crippen LogP contribution in [0.5, 0.6) is 5.75 Å². The second-order valence-electron chi connectivity index (χ2n) is 8.11. The molecular weight excluding hydrogens is 386 g/mol. The Morgan fingerprint density at radius 1 is 1.24 bits per heavy atom. The molecular formula is C22H29N3O3S. The number of hydrogen-bond acceptors (Lipinski definition) is 5. The van der Waals surface area contributed by atoms with Crippen molar-refractivity contribution in [3.05, 3.63) is 59.2 Å². The van der Waals surface area contributed by atoms with Crippen LogP contribution in [-0.2, 0) is 22.9 Å². The Hall–Kier alpha value is -1.93. The molecule has 2 aliphatic heterocycles. The SMILES string of the molecule is CNS(=O)(=O)c1cc2c(c(C[C@@H]3CCCN(N)[C@@H]3c3ccccc3)c1)OC(C)C2. The quantitative estimate of drug-likeness (QED) is 0.734. The van der Waals surface area contributed by atoms with Gasteiger partial charge in [-0.15, -0.1) is 0 Å². The van der Waals surface area contributed by atoms with Crippen LogP contribution < -0.4 is 15.3 Å². The molecule has 0 spiro atoms. The number of ether oxygens (including phenoxy) is 1. The zero-order valence-corrected chi connectivity index (χ0v) is 17.8. The van der Waals surface area contributed by atoms with Gasteiger partial charge in [-0.3, -0.25) is 5.84 Å². The van der Waals surface area contributed by atoms with Gasteiger partial charge in [0, 0.05) is 13.0 Å². The fraction of sp³-hybridized carbons (Fsp3) is 0.455. The van der Waals surface area contributed by atoms with E-state index in [2.05, 4.69) is 16.9 Å². The van der Waals surface area contributed by atoms with E-state index in [0.29, 0.717) is 4.90 Å². The van der Waals surface area contributed by atoms with Crippen LogP contribution >= 0.6 is 0 Å². The molecule has 29 heavy (non-hydrogen) atoms. The summed E-state index contributed by atoms with van der Waals surface area (Å²) in [4.78, 5) is 0.308. The second-order valence-corrected chi connectivity index (χ2v) is 10.00. The number of rotatable bonds is 5. The van der Waals surface area contributed by atoms with E-state index in [9.17, 15) is 8.42 Å². The van der Waals surface area contributed by atoms with Gasteiger partial charge in [0.1, 0.15) is 11.9 Å². The maximum atomic E-state index is 12.5. The van der Waals surface area contributed by atoms with Gasteiger partial charge in [0.15, 0.2) is 0 Å². The number of benzene rings is 2. The molecule has 2 heterocycles. The third kappa shape index (κ3) is 4.05. The minimum absolute atomic E-state index is 0.0542. The molecule has 0 aromatic heterocycles. The molecule has 4 rings (SSSR count). The number of nitrogens with two attached hydrogens (primary N) is 1. The van der Waals surface area contributed by atoms with Crippen molar-refractivity contribution in [2.24, 2.45) is 11.8 Å². The molecule has 0 saturated carbocycles. The first-order chi connectivity index (χ1) is 13.9. The third-order valence-electron chi connectivity index (χ3n) is 6.04. The van der Waals surface area contributed by atoms with Crippen molar-refractivity contribution in [3.8, 4) is 5.75 Å². The molecule has 0 bridgehead atoms. The molecule has 1 unspecified atom stereocenters. The average molecular weight is 416 g/mol. The fourth-order valence-electron chi connectivity index (χ4n) is 4.72. The summed E-state index contributed by atoms with van der Waals surface area (Å²) in [6, 6.07) is 14.0. The Kier molecular flexibility index (Phi) is 5.66. The lowest BCUT2D eigenvalue weighted by Gasteiger charge is -2.39. The molecule has 0 aliphatic carbocycles.